The van der Waals surface area contributed by atoms with Gasteiger partial charge < -0.3 is 5.73 Å². The van der Waals surface area contributed by atoms with E-state index in [1.165, 1.54) is 0 Å². The topological polar surface area (TPSA) is 107 Å². The Hall–Kier alpha value is -2.74. The van der Waals surface area contributed by atoms with Crippen molar-refractivity contribution in [3.05, 3.63) is 64.6 Å². The standard InChI is InChI=1S/C17H18N4O3S/c1-11(2)25(23,24)21-15-10-13(8-9-14(15)19-17(21)18)16(20-22)12-6-4-3-5-7-12/h3-11,16H,1-2H3,(H2,18,19). The van der Waals surface area contributed by atoms with Gasteiger partial charge in [0.15, 0.2) is 0 Å². The minimum Gasteiger partial charge on any atom is -0.368 e. The first-order valence-electron chi connectivity index (χ1n) is 7.76. The molecule has 7 nitrogen and oxygen atoms in total. The molecule has 2 aromatic carbocycles. The first-order valence-corrected chi connectivity index (χ1v) is 9.26. The van der Waals surface area contributed by atoms with E-state index in [1.54, 1.807) is 44.2 Å². The molecule has 0 saturated heterocycles. The average Bonchev–Trinajstić information content (AvgIpc) is 2.92. The van der Waals surface area contributed by atoms with E-state index in [0.29, 0.717) is 16.6 Å². The van der Waals surface area contributed by atoms with E-state index in [4.69, 9.17) is 5.73 Å². The second-order valence-corrected chi connectivity index (χ2v) is 8.33. The van der Waals surface area contributed by atoms with Crippen LogP contribution in [0, 0.1) is 4.91 Å². The molecule has 25 heavy (non-hydrogen) atoms. The van der Waals surface area contributed by atoms with E-state index in [-0.39, 0.29) is 5.95 Å². The molecule has 0 aliphatic heterocycles. The molecule has 1 aromatic heterocycles. The smallest absolute Gasteiger partial charge is 0.244 e. The number of imidazole rings is 1. The average molecular weight is 358 g/mol. The molecule has 2 N–H and O–H groups in total. The number of hydrogen-bond donors (Lipinski definition) is 1. The Labute approximate surface area is 145 Å². The lowest BCUT2D eigenvalue weighted by Gasteiger charge is -2.13. The lowest BCUT2D eigenvalue weighted by molar-refractivity contribution is 0.580. The first kappa shape index (κ1) is 17.1. The van der Waals surface area contributed by atoms with E-state index in [0.717, 1.165) is 9.54 Å². The molecule has 1 heterocycles. The number of nitrogen functional groups attached to an aromatic ring is 1. The van der Waals surface area contributed by atoms with Crippen LogP contribution < -0.4 is 5.73 Å². The van der Waals surface area contributed by atoms with Gasteiger partial charge in [-0.15, -0.1) is 4.91 Å². The highest BCUT2D eigenvalue weighted by Gasteiger charge is 2.25. The van der Waals surface area contributed by atoms with Gasteiger partial charge in [-0.3, -0.25) is 0 Å². The fourth-order valence-corrected chi connectivity index (χ4v) is 3.83. The molecule has 1 atom stereocenters. The molecule has 0 spiro atoms. The SMILES string of the molecule is CC(C)S(=O)(=O)n1c(N)nc2ccc(C(N=O)c3ccccc3)cc21. The molecule has 3 aromatic rings. The van der Waals surface area contributed by atoms with Crippen LogP contribution in [0.4, 0.5) is 5.95 Å². The Morgan fingerprint density at radius 2 is 1.76 bits per heavy atom. The largest absolute Gasteiger partial charge is 0.368 e. The van der Waals surface area contributed by atoms with Gasteiger partial charge in [-0.1, -0.05) is 41.6 Å². The van der Waals surface area contributed by atoms with Crippen LogP contribution in [0.5, 0.6) is 0 Å². The highest BCUT2D eigenvalue weighted by atomic mass is 32.2. The zero-order chi connectivity index (χ0) is 18.2. The highest BCUT2D eigenvalue weighted by Crippen LogP contribution is 2.30. The quantitative estimate of drug-likeness (QED) is 0.705. The van der Waals surface area contributed by atoms with Gasteiger partial charge in [0.1, 0.15) is 6.04 Å². The number of aromatic nitrogens is 2. The predicted octanol–water partition coefficient (Wildman–Crippen LogP) is 3.06. The van der Waals surface area contributed by atoms with Crippen LogP contribution in [0.25, 0.3) is 11.0 Å². The van der Waals surface area contributed by atoms with Gasteiger partial charge in [0, 0.05) is 0 Å². The van der Waals surface area contributed by atoms with Gasteiger partial charge in [0.05, 0.1) is 16.3 Å². The molecule has 0 fully saturated rings. The van der Waals surface area contributed by atoms with Gasteiger partial charge in [-0.05, 0) is 37.1 Å². The number of nitrogens with zero attached hydrogens (tertiary/aromatic N) is 3. The van der Waals surface area contributed by atoms with Crippen molar-refractivity contribution in [2.75, 3.05) is 5.73 Å². The summed E-state index contributed by atoms with van der Waals surface area (Å²) in [5.41, 5.74) is 7.93. The minimum atomic E-state index is -3.68. The summed E-state index contributed by atoms with van der Waals surface area (Å²) in [6.07, 6.45) is 0. The summed E-state index contributed by atoms with van der Waals surface area (Å²) >= 11 is 0. The fraction of sp³-hybridized carbons (Fsp3) is 0.235. The molecule has 8 heteroatoms. The molecule has 1 unspecified atom stereocenters. The van der Waals surface area contributed by atoms with Crippen LogP contribution in [0.1, 0.15) is 31.0 Å². The molecule has 0 saturated carbocycles. The third-order valence-corrected chi connectivity index (χ3v) is 6.13. The molecule has 3 rings (SSSR count). The Kier molecular flexibility index (Phi) is 4.30. The second-order valence-electron chi connectivity index (χ2n) is 5.99. The maximum Gasteiger partial charge on any atom is 0.244 e. The third-order valence-electron chi connectivity index (χ3n) is 4.05. The maximum absolute atomic E-state index is 12.6. The van der Waals surface area contributed by atoms with Gasteiger partial charge in [-0.25, -0.2) is 17.4 Å². The zero-order valence-electron chi connectivity index (χ0n) is 13.8. The molecular weight excluding hydrogens is 340 g/mol. The van der Waals surface area contributed by atoms with Gasteiger partial charge in [0.25, 0.3) is 0 Å². The number of benzene rings is 2. The first-order chi connectivity index (χ1) is 11.9. The number of hydrogen-bond acceptors (Lipinski definition) is 6. The maximum atomic E-state index is 12.6. The van der Waals surface area contributed by atoms with Crippen LogP contribution in [0.3, 0.4) is 0 Å². The van der Waals surface area contributed by atoms with Gasteiger partial charge >= 0.3 is 0 Å². The summed E-state index contributed by atoms with van der Waals surface area (Å²) < 4.78 is 26.2. The van der Waals surface area contributed by atoms with Gasteiger partial charge in [0.2, 0.25) is 16.0 Å². The van der Waals surface area contributed by atoms with Crippen LogP contribution in [0.15, 0.2) is 53.7 Å². The third kappa shape index (κ3) is 2.89. The normalized spacial score (nSPS) is 13.2. The van der Waals surface area contributed by atoms with Crippen molar-refractivity contribution >= 4 is 27.0 Å². The molecule has 0 bridgehead atoms. The van der Waals surface area contributed by atoms with Crippen molar-refractivity contribution < 1.29 is 8.42 Å². The molecule has 0 amide bonds. The summed E-state index contributed by atoms with van der Waals surface area (Å²) in [6.45, 7) is 3.15. The minimum absolute atomic E-state index is 0.101. The summed E-state index contributed by atoms with van der Waals surface area (Å²) in [6, 6.07) is 13.3. The van der Waals surface area contributed by atoms with E-state index < -0.39 is 21.3 Å². The highest BCUT2D eigenvalue weighted by molar-refractivity contribution is 7.90. The van der Waals surface area contributed by atoms with Crippen LogP contribution in [-0.2, 0) is 10.0 Å². The number of rotatable bonds is 5. The lowest BCUT2D eigenvalue weighted by atomic mass is 9.99. The Bertz CT molecular complexity index is 1030. The molecule has 0 aliphatic carbocycles. The molecular formula is C17H18N4O3S. The van der Waals surface area contributed by atoms with E-state index in [9.17, 15) is 13.3 Å². The summed E-state index contributed by atoms with van der Waals surface area (Å²) in [7, 11) is -3.68. The van der Waals surface area contributed by atoms with E-state index >= 15 is 0 Å². The van der Waals surface area contributed by atoms with Crippen molar-refractivity contribution in [2.45, 2.75) is 25.1 Å². The summed E-state index contributed by atoms with van der Waals surface area (Å²) in [4.78, 5) is 15.5. The molecule has 0 radical (unpaired) electrons. The zero-order valence-corrected chi connectivity index (χ0v) is 14.6. The number of anilines is 1. The van der Waals surface area contributed by atoms with Crippen molar-refractivity contribution in [2.24, 2.45) is 5.18 Å². The van der Waals surface area contributed by atoms with E-state index in [2.05, 4.69) is 10.2 Å². The van der Waals surface area contributed by atoms with Crippen molar-refractivity contribution in [3.63, 3.8) is 0 Å². The van der Waals surface area contributed by atoms with Gasteiger partial charge in [-0.2, -0.15) is 0 Å². The van der Waals surface area contributed by atoms with E-state index in [1.807, 2.05) is 18.2 Å². The Morgan fingerprint density at radius 3 is 2.36 bits per heavy atom. The molecule has 0 aliphatic rings. The second kappa shape index (κ2) is 6.29. The fourth-order valence-electron chi connectivity index (χ4n) is 2.69. The predicted molar refractivity (Wildman–Crippen MR) is 97.7 cm³/mol. The Balaban J connectivity index is 2.22. The number of fused-ring (bicyclic) bond motifs is 1. The van der Waals surface area contributed by atoms with Crippen LogP contribution in [-0.4, -0.2) is 22.6 Å². The molecule has 130 valence electrons. The van der Waals surface area contributed by atoms with Crippen LogP contribution >= 0.6 is 0 Å². The van der Waals surface area contributed by atoms with Crippen molar-refractivity contribution in [1.82, 2.24) is 8.96 Å². The lowest BCUT2D eigenvalue weighted by Crippen LogP contribution is -2.23. The monoisotopic (exact) mass is 358 g/mol. The van der Waals surface area contributed by atoms with Crippen LogP contribution in [0.2, 0.25) is 0 Å². The van der Waals surface area contributed by atoms with Crippen molar-refractivity contribution in [3.8, 4) is 0 Å². The number of nitrogens with two attached hydrogens (primary N) is 1. The number of nitroso groups, excluding NO2 is 1. The summed E-state index contributed by atoms with van der Waals surface area (Å²) in [5.74, 6) is -0.101. The Morgan fingerprint density at radius 1 is 1.08 bits per heavy atom. The summed E-state index contributed by atoms with van der Waals surface area (Å²) in [5, 5.41) is 2.55. The van der Waals surface area contributed by atoms with Crippen molar-refractivity contribution in [1.29, 1.82) is 0 Å².